The highest BCUT2D eigenvalue weighted by molar-refractivity contribution is 5.97. The number of methoxy groups -OCH3 is 1. The minimum atomic E-state index is -4.43. The molecule has 38 heavy (non-hydrogen) atoms. The predicted octanol–water partition coefficient (Wildman–Crippen LogP) is 6.49. The summed E-state index contributed by atoms with van der Waals surface area (Å²) in [6.45, 7) is 5.13. The Bertz CT molecular complexity index is 1570. The SMILES string of the molecule is COC(=O)c1cc2nc(N[C@H](C)c3cccc(C(F)(F)F)c3C)c3cc(C4=CCN(C)CC4)ccc3n2c1. The number of alkyl halides is 3. The van der Waals surface area contributed by atoms with E-state index in [9.17, 15) is 18.0 Å². The van der Waals surface area contributed by atoms with Crippen LogP contribution in [-0.2, 0) is 10.9 Å². The molecule has 5 rings (SSSR count). The highest BCUT2D eigenvalue weighted by atomic mass is 19.4. The van der Waals surface area contributed by atoms with Gasteiger partial charge in [-0.2, -0.15) is 13.2 Å². The molecule has 0 saturated heterocycles. The van der Waals surface area contributed by atoms with E-state index >= 15 is 0 Å². The Morgan fingerprint density at radius 3 is 2.66 bits per heavy atom. The van der Waals surface area contributed by atoms with Crippen molar-refractivity contribution in [2.24, 2.45) is 0 Å². The molecule has 0 spiro atoms. The van der Waals surface area contributed by atoms with Crippen LogP contribution in [0.1, 0.15) is 52.0 Å². The molecule has 6 nitrogen and oxygen atoms in total. The first-order valence-corrected chi connectivity index (χ1v) is 12.4. The molecular formula is C29H29F3N4O2. The van der Waals surface area contributed by atoms with Crippen molar-refractivity contribution in [3.05, 3.63) is 82.6 Å². The van der Waals surface area contributed by atoms with Crippen LogP contribution in [0.5, 0.6) is 0 Å². The summed E-state index contributed by atoms with van der Waals surface area (Å²) in [5.74, 6) is 0.0564. The van der Waals surface area contributed by atoms with Gasteiger partial charge in [-0.15, -0.1) is 0 Å². The Morgan fingerprint density at radius 2 is 1.97 bits per heavy atom. The third-order valence-electron chi connectivity index (χ3n) is 7.24. The average molecular weight is 523 g/mol. The zero-order chi connectivity index (χ0) is 27.2. The summed E-state index contributed by atoms with van der Waals surface area (Å²) in [4.78, 5) is 19.3. The smallest absolute Gasteiger partial charge is 0.416 e. The van der Waals surface area contributed by atoms with Crippen molar-refractivity contribution in [1.29, 1.82) is 0 Å². The average Bonchev–Trinajstić information content (AvgIpc) is 3.32. The lowest BCUT2D eigenvalue weighted by Crippen LogP contribution is -2.23. The molecular weight excluding hydrogens is 493 g/mol. The number of anilines is 1. The fourth-order valence-corrected chi connectivity index (χ4v) is 5.13. The van der Waals surface area contributed by atoms with E-state index < -0.39 is 23.8 Å². The number of hydrogen-bond donors (Lipinski definition) is 1. The minimum absolute atomic E-state index is 0.179. The van der Waals surface area contributed by atoms with Crippen molar-refractivity contribution >= 4 is 33.9 Å². The van der Waals surface area contributed by atoms with E-state index in [4.69, 9.17) is 9.72 Å². The van der Waals surface area contributed by atoms with Crippen LogP contribution in [0, 0.1) is 6.92 Å². The Kier molecular flexibility index (Phi) is 6.65. The first-order chi connectivity index (χ1) is 18.1. The van der Waals surface area contributed by atoms with Crippen LogP contribution in [0.4, 0.5) is 19.0 Å². The van der Waals surface area contributed by atoms with Crippen molar-refractivity contribution in [3.8, 4) is 0 Å². The molecule has 0 aliphatic carbocycles. The number of likely N-dealkylation sites (N-methyl/N-ethyl adjacent to an activating group) is 1. The van der Waals surface area contributed by atoms with Gasteiger partial charge >= 0.3 is 12.1 Å². The molecule has 2 aromatic heterocycles. The number of carbonyl (C=O) groups is 1. The number of halogens is 3. The molecule has 1 N–H and O–H groups in total. The molecule has 1 aliphatic rings. The van der Waals surface area contributed by atoms with Gasteiger partial charge in [-0.1, -0.05) is 24.3 Å². The highest BCUT2D eigenvalue weighted by Gasteiger charge is 2.33. The predicted molar refractivity (Wildman–Crippen MR) is 142 cm³/mol. The van der Waals surface area contributed by atoms with Gasteiger partial charge in [0, 0.05) is 24.7 Å². The van der Waals surface area contributed by atoms with Gasteiger partial charge in [-0.05, 0) is 73.8 Å². The lowest BCUT2D eigenvalue weighted by Gasteiger charge is -2.23. The Labute approximate surface area is 218 Å². The zero-order valence-electron chi connectivity index (χ0n) is 21.7. The Hall–Kier alpha value is -3.85. The normalized spacial score (nSPS) is 15.5. The monoisotopic (exact) mass is 522 g/mol. The van der Waals surface area contributed by atoms with E-state index in [1.807, 2.05) is 17.4 Å². The van der Waals surface area contributed by atoms with Gasteiger partial charge in [0.25, 0.3) is 0 Å². The number of hydrogen-bond acceptors (Lipinski definition) is 5. The van der Waals surface area contributed by atoms with Crippen LogP contribution >= 0.6 is 0 Å². The molecule has 198 valence electrons. The maximum Gasteiger partial charge on any atom is 0.416 e. The van der Waals surface area contributed by atoms with Crippen LogP contribution in [0.2, 0.25) is 0 Å². The maximum absolute atomic E-state index is 13.6. The third-order valence-corrected chi connectivity index (χ3v) is 7.24. The van der Waals surface area contributed by atoms with Crippen LogP contribution in [0.15, 0.2) is 54.7 Å². The summed E-state index contributed by atoms with van der Waals surface area (Å²) >= 11 is 0. The molecule has 2 aromatic carbocycles. The molecule has 0 unspecified atom stereocenters. The van der Waals surface area contributed by atoms with Gasteiger partial charge in [-0.3, -0.25) is 0 Å². The number of benzene rings is 2. The van der Waals surface area contributed by atoms with Crippen molar-refractivity contribution in [2.45, 2.75) is 32.5 Å². The topological polar surface area (TPSA) is 58.9 Å². The first kappa shape index (κ1) is 25.8. The number of fused-ring (bicyclic) bond motifs is 3. The molecule has 0 bridgehead atoms. The molecule has 0 fully saturated rings. The van der Waals surface area contributed by atoms with Gasteiger partial charge in [0.05, 0.1) is 29.8 Å². The maximum atomic E-state index is 13.6. The molecule has 0 radical (unpaired) electrons. The van der Waals surface area contributed by atoms with E-state index in [0.717, 1.165) is 42.0 Å². The number of rotatable bonds is 5. The third kappa shape index (κ3) is 4.74. The lowest BCUT2D eigenvalue weighted by molar-refractivity contribution is -0.138. The minimum Gasteiger partial charge on any atom is -0.465 e. The fourth-order valence-electron chi connectivity index (χ4n) is 5.13. The molecule has 1 atom stereocenters. The van der Waals surface area contributed by atoms with Crippen molar-refractivity contribution < 1.29 is 22.7 Å². The van der Waals surface area contributed by atoms with Crippen LogP contribution < -0.4 is 5.32 Å². The van der Waals surface area contributed by atoms with E-state index in [0.29, 0.717) is 22.6 Å². The number of carbonyl (C=O) groups excluding carboxylic acids is 1. The Morgan fingerprint density at radius 1 is 1.18 bits per heavy atom. The number of nitrogens with zero attached hydrogens (tertiary/aromatic N) is 3. The second-order valence-corrected chi connectivity index (χ2v) is 9.77. The van der Waals surface area contributed by atoms with Gasteiger partial charge in [0.15, 0.2) is 0 Å². The van der Waals surface area contributed by atoms with Crippen LogP contribution in [-0.4, -0.2) is 47.5 Å². The van der Waals surface area contributed by atoms with Crippen molar-refractivity contribution in [1.82, 2.24) is 14.3 Å². The van der Waals surface area contributed by atoms with Gasteiger partial charge in [0.2, 0.25) is 0 Å². The number of nitrogens with one attached hydrogen (secondary N) is 1. The molecule has 4 aromatic rings. The van der Waals surface area contributed by atoms with Crippen LogP contribution in [0.25, 0.3) is 22.1 Å². The summed E-state index contributed by atoms with van der Waals surface area (Å²) in [6, 6.07) is 11.5. The summed E-state index contributed by atoms with van der Waals surface area (Å²) in [5.41, 5.74) is 4.08. The molecule has 0 saturated carbocycles. The van der Waals surface area contributed by atoms with Gasteiger partial charge in [-0.25, -0.2) is 9.78 Å². The summed E-state index contributed by atoms with van der Waals surface area (Å²) in [7, 11) is 3.41. The van der Waals surface area contributed by atoms with E-state index in [1.165, 1.54) is 25.7 Å². The second-order valence-electron chi connectivity index (χ2n) is 9.77. The molecule has 1 aliphatic heterocycles. The summed E-state index contributed by atoms with van der Waals surface area (Å²) < 4.78 is 47.4. The van der Waals surface area contributed by atoms with Gasteiger partial charge in [0.1, 0.15) is 11.5 Å². The lowest BCUT2D eigenvalue weighted by atomic mass is 9.96. The summed E-state index contributed by atoms with van der Waals surface area (Å²) in [5, 5.41) is 4.17. The number of ether oxygens (including phenoxy) is 1. The quantitative estimate of drug-likeness (QED) is 0.304. The van der Waals surface area contributed by atoms with Crippen molar-refractivity contribution in [2.75, 3.05) is 32.6 Å². The molecule has 9 heteroatoms. The van der Waals surface area contributed by atoms with Crippen LogP contribution in [0.3, 0.4) is 0 Å². The second kappa shape index (κ2) is 9.79. The van der Waals surface area contributed by atoms with E-state index in [1.54, 1.807) is 18.3 Å². The summed E-state index contributed by atoms with van der Waals surface area (Å²) in [6.07, 6.45) is 0.380. The van der Waals surface area contributed by atoms with Gasteiger partial charge < -0.3 is 19.4 Å². The number of aromatic nitrogens is 2. The zero-order valence-corrected chi connectivity index (χ0v) is 21.7. The fraction of sp³-hybridized carbons (Fsp3) is 0.310. The number of esters is 1. The highest BCUT2D eigenvalue weighted by Crippen LogP contribution is 2.36. The Balaban J connectivity index is 1.64. The molecule has 0 amide bonds. The van der Waals surface area contributed by atoms with E-state index in [-0.39, 0.29) is 5.56 Å². The largest absolute Gasteiger partial charge is 0.465 e. The molecule has 3 heterocycles. The van der Waals surface area contributed by atoms with E-state index in [2.05, 4.69) is 35.5 Å². The van der Waals surface area contributed by atoms with Crippen molar-refractivity contribution in [3.63, 3.8) is 0 Å². The first-order valence-electron chi connectivity index (χ1n) is 12.4. The standard InChI is InChI=1S/C29H29F3N4O2/c1-17-22(6-5-7-24(17)29(30,31)32)18(2)33-27-23-14-20(19-10-12-35(3)13-11-19)8-9-25(23)36-16-21(28(37)38-4)15-26(36)34-27/h5-10,14-16,18H,11-13H2,1-4H3,(H,33,34)/t18-/m1/s1.